The van der Waals surface area contributed by atoms with Crippen LogP contribution in [-0.4, -0.2) is 49.6 Å². The molecule has 1 atom stereocenters. The van der Waals surface area contributed by atoms with Crippen LogP contribution in [0.4, 0.5) is 0 Å². The summed E-state index contributed by atoms with van der Waals surface area (Å²) in [4.78, 5) is 30.4. The van der Waals surface area contributed by atoms with Crippen LogP contribution in [0.25, 0.3) is 11.5 Å². The van der Waals surface area contributed by atoms with Crippen LogP contribution >= 0.6 is 0 Å². The van der Waals surface area contributed by atoms with Crippen LogP contribution in [0, 0.1) is 6.92 Å². The van der Waals surface area contributed by atoms with Crippen molar-refractivity contribution in [3.05, 3.63) is 47.9 Å². The highest BCUT2D eigenvalue weighted by Gasteiger charge is 2.29. The zero-order chi connectivity index (χ0) is 19.7. The van der Waals surface area contributed by atoms with Crippen molar-refractivity contribution < 1.29 is 14.0 Å². The van der Waals surface area contributed by atoms with Gasteiger partial charge in [-0.25, -0.2) is 4.98 Å². The second-order valence-corrected chi connectivity index (χ2v) is 7.05. The van der Waals surface area contributed by atoms with Crippen molar-refractivity contribution in [1.82, 2.24) is 24.6 Å². The third-order valence-corrected chi connectivity index (χ3v) is 4.95. The Hall–Kier alpha value is -3.36. The Kier molecular flexibility index (Phi) is 4.72. The molecule has 9 heteroatoms. The maximum absolute atomic E-state index is 12.9. The van der Waals surface area contributed by atoms with Gasteiger partial charge in [-0.1, -0.05) is 0 Å². The number of carbonyl (C=O) groups is 2. The SMILES string of the molecule is Cc1ccc(-c2cc(C(=O)N3CCCC(c4nccn4CC(N)=O)C3)n[nH]2)o1. The number of aromatic amines is 1. The smallest absolute Gasteiger partial charge is 0.274 e. The summed E-state index contributed by atoms with van der Waals surface area (Å²) in [6.45, 7) is 3.14. The number of primary amides is 1. The monoisotopic (exact) mass is 382 g/mol. The number of aryl methyl sites for hydroxylation is 1. The van der Waals surface area contributed by atoms with Gasteiger partial charge in [-0.2, -0.15) is 5.10 Å². The fraction of sp³-hybridized carbons (Fsp3) is 0.368. The summed E-state index contributed by atoms with van der Waals surface area (Å²) < 4.78 is 7.33. The Morgan fingerprint density at radius 2 is 2.25 bits per heavy atom. The molecule has 9 nitrogen and oxygen atoms in total. The number of amides is 2. The number of nitrogens with two attached hydrogens (primary N) is 1. The predicted octanol–water partition coefficient (Wildman–Crippen LogP) is 1.68. The zero-order valence-corrected chi connectivity index (χ0v) is 15.6. The summed E-state index contributed by atoms with van der Waals surface area (Å²) in [6, 6.07) is 5.41. The van der Waals surface area contributed by atoms with E-state index in [0.717, 1.165) is 24.4 Å². The Bertz CT molecular complexity index is 1000. The lowest BCUT2D eigenvalue weighted by atomic mass is 9.96. The van der Waals surface area contributed by atoms with Gasteiger partial charge in [0.15, 0.2) is 11.5 Å². The lowest BCUT2D eigenvalue weighted by molar-refractivity contribution is -0.118. The third-order valence-electron chi connectivity index (χ3n) is 4.95. The molecule has 28 heavy (non-hydrogen) atoms. The normalized spacial score (nSPS) is 17.0. The first-order valence-corrected chi connectivity index (χ1v) is 9.22. The summed E-state index contributed by atoms with van der Waals surface area (Å²) in [5.41, 5.74) is 6.33. The zero-order valence-electron chi connectivity index (χ0n) is 15.6. The minimum Gasteiger partial charge on any atom is -0.460 e. The van der Waals surface area contributed by atoms with Gasteiger partial charge >= 0.3 is 0 Å². The molecule has 1 fully saturated rings. The van der Waals surface area contributed by atoms with Gasteiger partial charge in [0, 0.05) is 37.5 Å². The van der Waals surface area contributed by atoms with Crippen LogP contribution in [0.15, 0.2) is 35.0 Å². The van der Waals surface area contributed by atoms with E-state index in [4.69, 9.17) is 10.2 Å². The molecule has 2 amide bonds. The number of hydrogen-bond donors (Lipinski definition) is 2. The summed E-state index contributed by atoms with van der Waals surface area (Å²) in [5, 5.41) is 7.03. The molecule has 1 saturated heterocycles. The van der Waals surface area contributed by atoms with Crippen molar-refractivity contribution in [3.8, 4) is 11.5 Å². The van der Waals surface area contributed by atoms with Gasteiger partial charge in [-0.15, -0.1) is 0 Å². The Morgan fingerprint density at radius 1 is 1.39 bits per heavy atom. The van der Waals surface area contributed by atoms with E-state index in [-0.39, 0.29) is 18.4 Å². The molecule has 4 rings (SSSR count). The second-order valence-electron chi connectivity index (χ2n) is 7.05. The topological polar surface area (TPSA) is 123 Å². The lowest BCUT2D eigenvalue weighted by Gasteiger charge is -2.32. The van der Waals surface area contributed by atoms with Gasteiger partial charge in [-0.3, -0.25) is 14.7 Å². The fourth-order valence-corrected chi connectivity index (χ4v) is 3.65. The van der Waals surface area contributed by atoms with Gasteiger partial charge in [0.1, 0.15) is 23.8 Å². The highest BCUT2D eigenvalue weighted by molar-refractivity contribution is 5.93. The number of H-pyrrole nitrogens is 1. The average molecular weight is 382 g/mol. The van der Waals surface area contributed by atoms with Crippen molar-refractivity contribution in [1.29, 1.82) is 0 Å². The minimum atomic E-state index is -0.416. The predicted molar refractivity (Wildman–Crippen MR) is 100 cm³/mol. The number of aromatic nitrogens is 4. The van der Waals surface area contributed by atoms with Crippen LogP contribution in [0.2, 0.25) is 0 Å². The number of furan rings is 1. The first-order valence-electron chi connectivity index (χ1n) is 9.22. The van der Waals surface area contributed by atoms with E-state index in [2.05, 4.69) is 15.2 Å². The Balaban J connectivity index is 1.49. The first kappa shape index (κ1) is 18.0. The van der Waals surface area contributed by atoms with Gasteiger partial charge < -0.3 is 19.6 Å². The van der Waals surface area contributed by atoms with E-state index in [1.807, 2.05) is 19.1 Å². The summed E-state index contributed by atoms with van der Waals surface area (Å²) in [5.74, 6) is 1.73. The molecule has 0 saturated carbocycles. The van der Waals surface area contributed by atoms with Crippen LogP contribution < -0.4 is 5.73 Å². The van der Waals surface area contributed by atoms with Crippen molar-refractivity contribution in [2.24, 2.45) is 5.73 Å². The largest absolute Gasteiger partial charge is 0.460 e. The molecule has 0 aromatic carbocycles. The van der Waals surface area contributed by atoms with Crippen LogP contribution in [0.3, 0.4) is 0 Å². The van der Waals surface area contributed by atoms with E-state index < -0.39 is 5.91 Å². The van der Waals surface area contributed by atoms with Crippen LogP contribution in [-0.2, 0) is 11.3 Å². The number of carbonyl (C=O) groups excluding carboxylic acids is 2. The van der Waals surface area contributed by atoms with E-state index in [9.17, 15) is 9.59 Å². The quantitative estimate of drug-likeness (QED) is 0.695. The second kappa shape index (κ2) is 7.34. The fourth-order valence-electron chi connectivity index (χ4n) is 3.65. The summed E-state index contributed by atoms with van der Waals surface area (Å²) >= 11 is 0. The molecule has 3 aromatic heterocycles. The Labute approximate surface area is 161 Å². The molecule has 0 radical (unpaired) electrons. The van der Waals surface area contributed by atoms with Crippen molar-refractivity contribution in [2.45, 2.75) is 32.2 Å². The molecule has 0 spiro atoms. The summed E-state index contributed by atoms with van der Waals surface area (Å²) in [6.07, 6.45) is 5.15. The van der Waals surface area contributed by atoms with Gasteiger partial charge in [0.25, 0.3) is 5.91 Å². The molecule has 0 aliphatic carbocycles. The number of piperidine rings is 1. The maximum atomic E-state index is 12.9. The molecule has 4 heterocycles. The minimum absolute atomic E-state index is 0.0539. The summed E-state index contributed by atoms with van der Waals surface area (Å²) in [7, 11) is 0. The molecule has 1 unspecified atom stereocenters. The molecular weight excluding hydrogens is 360 g/mol. The number of nitrogens with one attached hydrogen (secondary N) is 1. The first-order chi connectivity index (χ1) is 13.5. The van der Waals surface area contributed by atoms with Crippen LogP contribution in [0.1, 0.15) is 40.8 Å². The maximum Gasteiger partial charge on any atom is 0.274 e. The van der Waals surface area contributed by atoms with E-state index >= 15 is 0 Å². The third kappa shape index (κ3) is 3.55. The van der Waals surface area contributed by atoms with Gasteiger partial charge in [-0.05, 0) is 31.9 Å². The molecule has 3 N–H and O–H groups in total. The van der Waals surface area contributed by atoms with Gasteiger partial charge in [0.05, 0.1) is 0 Å². The lowest BCUT2D eigenvalue weighted by Crippen LogP contribution is -2.40. The van der Waals surface area contributed by atoms with Crippen molar-refractivity contribution in [3.63, 3.8) is 0 Å². The highest BCUT2D eigenvalue weighted by Crippen LogP contribution is 2.27. The molecule has 1 aliphatic heterocycles. The van der Waals surface area contributed by atoms with E-state index in [0.29, 0.717) is 30.2 Å². The molecule has 3 aromatic rings. The van der Waals surface area contributed by atoms with Gasteiger partial charge in [0.2, 0.25) is 5.91 Å². The van der Waals surface area contributed by atoms with E-state index in [1.54, 1.807) is 27.9 Å². The highest BCUT2D eigenvalue weighted by atomic mass is 16.3. The number of hydrogen-bond acceptors (Lipinski definition) is 5. The van der Waals surface area contributed by atoms with Crippen LogP contribution in [0.5, 0.6) is 0 Å². The standard InChI is InChI=1S/C19H22N6O3/c1-12-4-5-16(28-12)14-9-15(23-22-14)19(27)25-7-2-3-13(10-25)18-21-6-8-24(18)11-17(20)26/h4-6,8-9,13H,2-3,7,10-11H2,1H3,(H2,20,26)(H,22,23). The molecule has 0 bridgehead atoms. The molecule has 146 valence electrons. The number of imidazole rings is 1. The van der Waals surface area contributed by atoms with Crippen molar-refractivity contribution in [2.75, 3.05) is 13.1 Å². The number of likely N-dealkylation sites (tertiary alicyclic amines) is 1. The van der Waals surface area contributed by atoms with E-state index in [1.165, 1.54) is 0 Å². The van der Waals surface area contributed by atoms with Crippen molar-refractivity contribution >= 4 is 11.8 Å². The Morgan fingerprint density at radius 3 is 3.00 bits per heavy atom. The molecular formula is C19H22N6O3. The average Bonchev–Trinajstić information content (AvgIpc) is 3.41. The number of nitrogens with zero attached hydrogens (tertiary/aromatic N) is 4. The number of rotatable bonds is 5. The molecule has 1 aliphatic rings.